The highest BCUT2D eigenvalue weighted by Crippen LogP contribution is 2.48. The molecule has 4 N–H and O–H groups in total. The first-order valence-corrected chi connectivity index (χ1v) is 6.88. The van der Waals surface area contributed by atoms with E-state index in [1.165, 1.54) is 6.20 Å². The first kappa shape index (κ1) is 14.7. The van der Waals surface area contributed by atoms with E-state index in [0.29, 0.717) is 5.02 Å². The fourth-order valence-electron chi connectivity index (χ4n) is 1.65. The van der Waals surface area contributed by atoms with E-state index in [9.17, 15) is 0 Å². The van der Waals surface area contributed by atoms with Gasteiger partial charge in [-0.3, -0.25) is 0 Å². The minimum Gasteiger partial charge on any atom is -0.404 e. The number of hydrogen-bond acceptors (Lipinski definition) is 3. The van der Waals surface area contributed by atoms with Crippen LogP contribution in [0.25, 0.3) is 5.57 Å². The first-order chi connectivity index (χ1) is 8.69. The molecule has 4 heteroatoms. The van der Waals surface area contributed by atoms with Crippen LogP contribution < -0.4 is 11.5 Å². The minimum atomic E-state index is 0.686. The Labute approximate surface area is 117 Å². The van der Waals surface area contributed by atoms with Gasteiger partial charge in [-0.05, 0) is 17.7 Å². The summed E-state index contributed by atoms with van der Waals surface area (Å²) in [6, 6.07) is 5.75. The average molecular weight is 281 g/mol. The Balaban J connectivity index is 0.000000771. The summed E-state index contributed by atoms with van der Waals surface area (Å²) in [5.74, 6) is 0. The molecule has 1 aliphatic heterocycles. The second kappa shape index (κ2) is 6.57. The summed E-state index contributed by atoms with van der Waals surface area (Å²) < 4.78 is 0. The second-order valence-electron chi connectivity index (χ2n) is 3.30. The van der Waals surface area contributed by atoms with Crippen LogP contribution in [-0.4, -0.2) is 0 Å². The highest BCUT2D eigenvalue weighted by Gasteiger charge is 2.23. The molecule has 1 aromatic rings. The SMILES string of the molecule is C=C1C(=C/N)/C(=C\N)Sc2cccc(Cl)c21.CC. The molecule has 18 heavy (non-hydrogen) atoms. The van der Waals surface area contributed by atoms with Crippen molar-refractivity contribution < 1.29 is 0 Å². The lowest BCUT2D eigenvalue weighted by atomic mass is 9.99. The van der Waals surface area contributed by atoms with Gasteiger partial charge in [-0.15, -0.1) is 0 Å². The number of hydrogen-bond donors (Lipinski definition) is 2. The van der Waals surface area contributed by atoms with Crippen LogP contribution in [0.4, 0.5) is 0 Å². The monoisotopic (exact) mass is 280 g/mol. The summed E-state index contributed by atoms with van der Waals surface area (Å²) in [5, 5.41) is 0.686. The number of halogens is 1. The van der Waals surface area contributed by atoms with Crippen LogP contribution >= 0.6 is 23.4 Å². The van der Waals surface area contributed by atoms with Crippen molar-refractivity contribution in [2.24, 2.45) is 11.5 Å². The van der Waals surface area contributed by atoms with Crippen molar-refractivity contribution in [1.82, 2.24) is 0 Å². The molecule has 0 unspecified atom stereocenters. The number of benzene rings is 1. The van der Waals surface area contributed by atoms with Crippen LogP contribution in [-0.2, 0) is 0 Å². The molecule has 0 saturated carbocycles. The van der Waals surface area contributed by atoms with E-state index < -0.39 is 0 Å². The van der Waals surface area contributed by atoms with Crippen LogP contribution in [0.15, 0.2) is 52.6 Å². The number of rotatable bonds is 0. The average Bonchev–Trinajstić information content (AvgIpc) is 2.40. The van der Waals surface area contributed by atoms with E-state index in [1.54, 1.807) is 18.0 Å². The summed E-state index contributed by atoms with van der Waals surface area (Å²) in [6.07, 6.45) is 3.05. The van der Waals surface area contributed by atoms with Crippen molar-refractivity contribution in [2.45, 2.75) is 18.7 Å². The van der Waals surface area contributed by atoms with Gasteiger partial charge < -0.3 is 11.5 Å². The summed E-state index contributed by atoms with van der Waals surface area (Å²) in [5.41, 5.74) is 13.8. The van der Waals surface area contributed by atoms with Gasteiger partial charge in [0.05, 0.1) is 0 Å². The Morgan fingerprint density at radius 2 is 1.89 bits per heavy atom. The van der Waals surface area contributed by atoms with Gasteiger partial charge in [0.2, 0.25) is 0 Å². The molecular formula is C14H17ClN2S. The van der Waals surface area contributed by atoms with Crippen molar-refractivity contribution in [3.63, 3.8) is 0 Å². The van der Waals surface area contributed by atoms with E-state index in [2.05, 4.69) is 6.58 Å². The van der Waals surface area contributed by atoms with Crippen LogP contribution in [0.1, 0.15) is 19.4 Å². The van der Waals surface area contributed by atoms with Crippen molar-refractivity contribution in [3.8, 4) is 0 Å². The lowest BCUT2D eigenvalue weighted by Crippen LogP contribution is -2.04. The quantitative estimate of drug-likeness (QED) is 0.751. The van der Waals surface area contributed by atoms with Gasteiger partial charge in [-0.1, -0.05) is 49.9 Å². The van der Waals surface area contributed by atoms with Crippen LogP contribution in [0.5, 0.6) is 0 Å². The van der Waals surface area contributed by atoms with Crippen molar-refractivity contribution in [3.05, 3.63) is 58.2 Å². The molecule has 0 aromatic heterocycles. The lowest BCUT2D eigenvalue weighted by molar-refractivity contribution is 1.35. The molecule has 1 aromatic carbocycles. The molecule has 0 amide bonds. The molecular weight excluding hydrogens is 264 g/mol. The Hall–Kier alpha value is -1.32. The molecule has 2 rings (SSSR count). The predicted molar refractivity (Wildman–Crippen MR) is 82.2 cm³/mol. The van der Waals surface area contributed by atoms with Gasteiger partial charge in [-0.2, -0.15) is 0 Å². The Morgan fingerprint density at radius 3 is 2.44 bits per heavy atom. The molecule has 0 aliphatic carbocycles. The molecule has 2 nitrogen and oxygen atoms in total. The molecule has 1 heterocycles. The van der Waals surface area contributed by atoms with E-state index in [0.717, 1.165) is 26.5 Å². The zero-order valence-electron chi connectivity index (χ0n) is 10.5. The molecule has 96 valence electrons. The third kappa shape index (κ3) is 2.57. The summed E-state index contributed by atoms with van der Waals surface area (Å²) >= 11 is 7.71. The normalized spacial score (nSPS) is 18.3. The lowest BCUT2D eigenvalue weighted by Gasteiger charge is -2.23. The molecule has 0 bridgehead atoms. The number of fused-ring (bicyclic) bond motifs is 1. The van der Waals surface area contributed by atoms with Gasteiger partial charge in [0.1, 0.15) is 0 Å². The third-order valence-corrected chi connectivity index (χ3v) is 3.86. The first-order valence-electron chi connectivity index (χ1n) is 5.69. The van der Waals surface area contributed by atoms with Gasteiger partial charge in [0.25, 0.3) is 0 Å². The van der Waals surface area contributed by atoms with E-state index in [1.807, 2.05) is 32.0 Å². The largest absolute Gasteiger partial charge is 0.404 e. The highest BCUT2D eigenvalue weighted by atomic mass is 35.5. The van der Waals surface area contributed by atoms with E-state index >= 15 is 0 Å². The van der Waals surface area contributed by atoms with Crippen LogP contribution in [0.3, 0.4) is 0 Å². The predicted octanol–water partition coefficient (Wildman–Crippen LogP) is 4.13. The summed E-state index contributed by atoms with van der Waals surface area (Å²) in [6.45, 7) is 8.02. The molecule has 0 spiro atoms. The smallest absolute Gasteiger partial charge is 0.0495 e. The van der Waals surface area contributed by atoms with E-state index in [-0.39, 0.29) is 0 Å². The highest BCUT2D eigenvalue weighted by molar-refractivity contribution is 8.03. The fourth-order valence-corrected chi connectivity index (χ4v) is 3.08. The van der Waals surface area contributed by atoms with Crippen molar-refractivity contribution in [1.29, 1.82) is 0 Å². The molecule has 1 aliphatic rings. The maximum Gasteiger partial charge on any atom is 0.0495 e. The van der Waals surface area contributed by atoms with Gasteiger partial charge in [-0.25, -0.2) is 0 Å². The van der Waals surface area contributed by atoms with E-state index in [4.69, 9.17) is 23.1 Å². The summed E-state index contributed by atoms with van der Waals surface area (Å²) in [7, 11) is 0. The van der Waals surface area contributed by atoms with Crippen molar-refractivity contribution >= 4 is 28.9 Å². The molecule has 0 fully saturated rings. The minimum absolute atomic E-state index is 0.686. The Kier molecular flexibility index (Phi) is 5.38. The maximum atomic E-state index is 6.16. The van der Waals surface area contributed by atoms with Gasteiger partial charge in [0, 0.05) is 38.4 Å². The number of allylic oxidation sites excluding steroid dienone is 2. The standard InChI is InChI=1S/C12H11ClN2S.C2H6/c1-7-8(5-14)11(6-15)16-10-4-2-3-9(13)12(7)10;1-2/h2-6H,1,14-15H2;1-2H3/b8-5-,11-6+;. The van der Waals surface area contributed by atoms with Crippen molar-refractivity contribution in [2.75, 3.05) is 0 Å². The van der Waals surface area contributed by atoms with Crippen LogP contribution in [0, 0.1) is 0 Å². The summed E-state index contributed by atoms with van der Waals surface area (Å²) in [4.78, 5) is 1.96. The number of thioether (sulfide) groups is 1. The van der Waals surface area contributed by atoms with Gasteiger partial charge >= 0.3 is 0 Å². The Morgan fingerprint density at radius 1 is 1.22 bits per heavy atom. The molecule has 0 atom stereocenters. The second-order valence-corrected chi connectivity index (χ2v) is 4.80. The maximum absolute atomic E-state index is 6.16. The molecule has 0 saturated heterocycles. The Bertz CT molecular complexity index is 519. The zero-order chi connectivity index (χ0) is 13.7. The fraction of sp³-hybridized carbons (Fsp3) is 0.143. The molecule has 0 radical (unpaired) electrons. The van der Waals surface area contributed by atoms with Crippen LogP contribution in [0.2, 0.25) is 5.02 Å². The topological polar surface area (TPSA) is 52.0 Å². The number of nitrogens with two attached hydrogens (primary N) is 2. The van der Waals surface area contributed by atoms with Gasteiger partial charge in [0.15, 0.2) is 0 Å². The third-order valence-electron chi connectivity index (χ3n) is 2.41. The zero-order valence-corrected chi connectivity index (χ0v) is 12.1.